The summed E-state index contributed by atoms with van der Waals surface area (Å²) in [5.41, 5.74) is 1.67. The molecular formula is C21H24Cl2N2O4S. The third-order valence-electron chi connectivity index (χ3n) is 4.78. The maximum atomic E-state index is 12.9. The summed E-state index contributed by atoms with van der Waals surface area (Å²) in [5, 5.41) is 3.52. The van der Waals surface area contributed by atoms with E-state index in [0.717, 1.165) is 27.4 Å². The largest absolute Gasteiger partial charge is 0.487 e. The van der Waals surface area contributed by atoms with Crippen LogP contribution in [0.5, 0.6) is 5.75 Å². The number of anilines is 1. The van der Waals surface area contributed by atoms with E-state index in [1.54, 1.807) is 0 Å². The van der Waals surface area contributed by atoms with Gasteiger partial charge in [0.1, 0.15) is 17.9 Å². The molecule has 1 unspecified atom stereocenters. The van der Waals surface area contributed by atoms with Gasteiger partial charge in [-0.25, -0.2) is 8.42 Å². The average molecular weight is 471 g/mol. The van der Waals surface area contributed by atoms with Crippen molar-refractivity contribution in [3.63, 3.8) is 0 Å². The smallest absolute Gasteiger partial charge is 0.241 e. The van der Waals surface area contributed by atoms with Crippen LogP contribution in [0, 0.1) is 6.92 Å². The number of hydrogen-bond donors (Lipinski definition) is 1. The second-order valence-corrected chi connectivity index (χ2v) is 10.9. The normalized spacial score (nSPS) is 17.6. The van der Waals surface area contributed by atoms with Gasteiger partial charge >= 0.3 is 0 Å². The lowest BCUT2D eigenvalue weighted by Gasteiger charge is -2.38. The molecule has 2 aromatic rings. The predicted octanol–water partition coefficient (Wildman–Crippen LogP) is 4.49. The van der Waals surface area contributed by atoms with E-state index >= 15 is 0 Å². The number of carbonyl (C=O) groups is 1. The Morgan fingerprint density at radius 2 is 1.83 bits per heavy atom. The topological polar surface area (TPSA) is 75.7 Å². The van der Waals surface area contributed by atoms with Crippen LogP contribution in [-0.4, -0.2) is 32.7 Å². The molecule has 0 radical (unpaired) electrons. The zero-order valence-corrected chi connectivity index (χ0v) is 19.5. The number of fused-ring (bicyclic) bond motifs is 1. The summed E-state index contributed by atoms with van der Waals surface area (Å²) in [6, 6.07) is 9.92. The van der Waals surface area contributed by atoms with Gasteiger partial charge in [0.2, 0.25) is 15.9 Å². The van der Waals surface area contributed by atoms with Crippen molar-refractivity contribution >= 4 is 44.8 Å². The molecule has 0 fully saturated rings. The van der Waals surface area contributed by atoms with Gasteiger partial charge in [-0.15, -0.1) is 0 Å². The van der Waals surface area contributed by atoms with Crippen LogP contribution in [0.3, 0.4) is 0 Å². The van der Waals surface area contributed by atoms with Crippen molar-refractivity contribution in [2.75, 3.05) is 17.1 Å². The van der Waals surface area contributed by atoms with Gasteiger partial charge in [0.05, 0.1) is 18.0 Å². The van der Waals surface area contributed by atoms with E-state index < -0.39 is 28.1 Å². The van der Waals surface area contributed by atoms with Crippen molar-refractivity contribution in [2.45, 2.75) is 38.8 Å². The molecule has 1 aliphatic rings. The summed E-state index contributed by atoms with van der Waals surface area (Å²) < 4.78 is 31.8. The van der Waals surface area contributed by atoms with Gasteiger partial charge < -0.3 is 10.1 Å². The standard InChI is InChI=1S/C21H24Cl2N2O4S/c1-13-5-6-17-18(11-21(2,3)29-19(17)7-13)24-20(26)12-25(30(4,27)28)16-9-14(22)8-15(23)10-16/h5-10,18H,11-12H2,1-4H3,(H,24,26). The molecule has 0 aromatic heterocycles. The zero-order chi connectivity index (χ0) is 22.3. The van der Waals surface area contributed by atoms with Gasteiger partial charge in [-0.05, 0) is 50.6 Å². The van der Waals surface area contributed by atoms with Gasteiger partial charge in [0.25, 0.3) is 0 Å². The summed E-state index contributed by atoms with van der Waals surface area (Å²) in [4.78, 5) is 12.9. The lowest BCUT2D eigenvalue weighted by molar-refractivity contribution is -0.120. The van der Waals surface area contributed by atoms with Crippen molar-refractivity contribution in [2.24, 2.45) is 0 Å². The number of nitrogens with one attached hydrogen (secondary N) is 1. The number of amides is 1. The zero-order valence-electron chi connectivity index (χ0n) is 17.2. The Morgan fingerprint density at radius 1 is 1.20 bits per heavy atom. The molecule has 30 heavy (non-hydrogen) atoms. The van der Waals surface area contributed by atoms with Crippen molar-refractivity contribution in [3.8, 4) is 5.75 Å². The first-order valence-corrected chi connectivity index (χ1v) is 12.0. The fourth-order valence-corrected chi connectivity index (χ4v) is 4.90. The number of sulfonamides is 1. The molecule has 1 atom stereocenters. The Balaban J connectivity index is 1.86. The monoisotopic (exact) mass is 470 g/mol. The van der Waals surface area contributed by atoms with Crippen LogP contribution in [0.25, 0.3) is 0 Å². The minimum absolute atomic E-state index is 0.230. The molecule has 0 aliphatic carbocycles. The molecule has 0 bridgehead atoms. The van der Waals surface area contributed by atoms with E-state index in [4.69, 9.17) is 27.9 Å². The quantitative estimate of drug-likeness (QED) is 0.698. The minimum atomic E-state index is -3.75. The van der Waals surface area contributed by atoms with E-state index in [9.17, 15) is 13.2 Å². The molecule has 1 N–H and O–H groups in total. The van der Waals surface area contributed by atoms with Crippen LogP contribution in [0.2, 0.25) is 10.0 Å². The number of hydrogen-bond acceptors (Lipinski definition) is 4. The number of nitrogens with zero attached hydrogens (tertiary/aromatic N) is 1. The van der Waals surface area contributed by atoms with Crippen LogP contribution in [-0.2, 0) is 14.8 Å². The van der Waals surface area contributed by atoms with Crippen molar-refractivity contribution < 1.29 is 17.9 Å². The van der Waals surface area contributed by atoms with Crippen molar-refractivity contribution in [1.29, 1.82) is 0 Å². The molecular weight excluding hydrogens is 447 g/mol. The highest BCUT2D eigenvalue weighted by atomic mass is 35.5. The number of carbonyl (C=O) groups excluding carboxylic acids is 1. The Hall–Kier alpha value is -1.96. The average Bonchev–Trinajstić information content (AvgIpc) is 2.56. The van der Waals surface area contributed by atoms with Gasteiger partial charge in [-0.1, -0.05) is 35.3 Å². The molecule has 1 heterocycles. The fourth-order valence-electron chi connectivity index (χ4n) is 3.54. The molecule has 0 spiro atoms. The van der Waals surface area contributed by atoms with Gasteiger partial charge in [-0.3, -0.25) is 9.10 Å². The minimum Gasteiger partial charge on any atom is -0.487 e. The molecule has 9 heteroatoms. The van der Waals surface area contributed by atoms with Gasteiger partial charge in [0, 0.05) is 22.0 Å². The first-order chi connectivity index (χ1) is 13.8. The predicted molar refractivity (Wildman–Crippen MR) is 120 cm³/mol. The summed E-state index contributed by atoms with van der Waals surface area (Å²) in [5.74, 6) is 0.281. The molecule has 162 valence electrons. The molecule has 0 saturated heterocycles. The Morgan fingerprint density at radius 3 is 2.43 bits per heavy atom. The van der Waals surface area contributed by atoms with Crippen LogP contribution >= 0.6 is 23.2 Å². The van der Waals surface area contributed by atoms with Crippen LogP contribution in [0.4, 0.5) is 5.69 Å². The van der Waals surface area contributed by atoms with Crippen molar-refractivity contribution in [1.82, 2.24) is 5.32 Å². The lowest BCUT2D eigenvalue weighted by Crippen LogP contribution is -2.45. The number of rotatable bonds is 5. The number of benzene rings is 2. The molecule has 1 amide bonds. The maximum Gasteiger partial charge on any atom is 0.241 e. The van der Waals surface area contributed by atoms with E-state index in [0.29, 0.717) is 6.42 Å². The molecule has 2 aromatic carbocycles. The third-order valence-corrected chi connectivity index (χ3v) is 6.36. The Labute approximate surface area is 187 Å². The second-order valence-electron chi connectivity index (χ2n) is 8.12. The van der Waals surface area contributed by atoms with E-state index in [1.807, 2.05) is 39.0 Å². The number of aryl methyl sites for hydroxylation is 1. The Bertz CT molecular complexity index is 1070. The lowest BCUT2D eigenvalue weighted by atomic mass is 9.89. The van der Waals surface area contributed by atoms with E-state index in [2.05, 4.69) is 5.32 Å². The van der Waals surface area contributed by atoms with Gasteiger partial charge in [0.15, 0.2) is 0 Å². The highest BCUT2D eigenvalue weighted by molar-refractivity contribution is 7.92. The molecule has 6 nitrogen and oxygen atoms in total. The van der Waals surface area contributed by atoms with E-state index in [1.165, 1.54) is 18.2 Å². The fraction of sp³-hybridized carbons (Fsp3) is 0.381. The SMILES string of the molecule is Cc1ccc2c(c1)OC(C)(C)CC2NC(=O)CN(c1cc(Cl)cc(Cl)c1)S(C)(=O)=O. The summed E-state index contributed by atoms with van der Waals surface area (Å²) in [7, 11) is -3.75. The van der Waals surface area contributed by atoms with Crippen LogP contribution in [0.1, 0.15) is 37.4 Å². The van der Waals surface area contributed by atoms with Crippen LogP contribution in [0.15, 0.2) is 36.4 Å². The summed E-state index contributed by atoms with van der Waals surface area (Å²) in [6.07, 6.45) is 1.58. The highest BCUT2D eigenvalue weighted by Crippen LogP contribution is 2.40. The van der Waals surface area contributed by atoms with Crippen LogP contribution < -0.4 is 14.4 Å². The molecule has 1 aliphatic heterocycles. The molecule has 3 rings (SSSR count). The first kappa shape index (κ1) is 22.7. The third kappa shape index (κ3) is 5.39. The number of ether oxygens (including phenoxy) is 1. The second kappa shape index (κ2) is 8.29. The Kier molecular flexibility index (Phi) is 6.28. The first-order valence-electron chi connectivity index (χ1n) is 9.37. The molecule has 0 saturated carbocycles. The van der Waals surface area contributed by atoms with Crippen molar-refractivity contribution in [3.05, 3.63) is 57.6 Å². The number of halogens is 2. The van der Waals surface area contributed by atoms with Gasteiger partial charge in [-0.2, -0.15) is 0 Å². The highest BCUT2D eigenvalue weighted by Gasteiger charge is 2.35. The summed E-state index contributed by atoms with van der Waals surface area (Å²) in [6.45, 7) is 5.48. The summed E-state index contributed by atoms with van der Waals surface area (Å²) >= 11 is 12.0. The maximum absolute atomic E-state index is 12.9. The van der Waals surface area contributed by atoms with E-state index in [-0.39, 0.29) is 21.8 Å².